The van der Waals surface area contributed by atoms with Crippen LogP contribution in [-0.4, -0.2) is 4.98 Å². The molecule has 2 rings (SSSR count). The van der Waals surface area contributed by atoms with Crippen LogP contribution in [0, 0.1) is 0 Å². The van der Waals surface area contributed by atoms with Gasteiger partial charge in [0.25, 0.3) is 0 Å². The number of nitrogens with one attached hydrogen (secondary N) is 1. The van der Waals surface area contributed by atoms with E-state index in [1.54, 1.807) is 0 Å². The summed E-state index contributed by atoms with van der Waals surface area (Å²) in [6.07, 6.45) is 10.1. The van der Waals surface area contributed by atoms with Crippen LogP contribution in [0.4, 0.5) is 0 Å². The molecule has 17 heavy (non-hydrogen) atoms. The number of hydrogen-bond acceptors (Lipinski definition) is 0. The van der Waals surface area contributed by atoms with Gasteiger partial charge in [0.15, 0.2) is 0 Å². The molecule has 0 amide bonds. The number of unbranched alkanes of at least 4 members (excludes halogenated alkanes) is 4. The first-order chi connectivity index (χ1) is 8.33. The molecule has 1 nitrogen and oxygen atoms in total. The first-order valence-electron chi connectivity index (χ1n) is 6.57. The summed E-state index contributed by atoms with van der Waals surface area (Å²) in [5, 5.41) is 1.37. The van der Waals surface area contributed by atoms with Gasteiger partial charge >= 0.3 is 0 Å². The third-order valence-corrected chi connectivity index (χ3v) is 3.96. The summed E-state index contributed by atoms with van der Waals surface area (Å²) in [6.45, 7) is 2.26. The molecule has 0 saturated heterocycles. The Hall–Kier alpha value is -0.760. The number of hydrogen-bond donors (Lipinski definition) is 1. The fraction of sp³-hybridized carbons (Fsp3) is 0.467. The third kappa shape index (κ3) is 3.12. The highest BCUT2D eigenvalue weighted by atomic mass is 79.9. The molecule has 0 bridgehead atoms. The summed E-state index contributed by atoms with van der Waals surface area (Å²) < 4.78 is 1.16. The molecule has 0 unspecified atom stereocenters. The molecule has 0 aliphatic heterocycles. The molecule has 0 aliphatic rings. The van der Waals surface area contributed by atoms with Crippen molar-refractivity contribution in [3.8, 4) is 0 Å². The van der Waals surface area contributed by atoms with E-state index in [4.69, 9.17) is 0 Å². The minimum atomic E-state index is 1.16. The molecule has 1 aromatic heterocycles. The van der Waals surface area contributed by atoms with Gasteiger partial charge in [0.1, 0.15) is 0 Å². The molecule has 2 aromatic rings. The van der Waals surface area contributed by atoms with Crippen LogP contribution in [0.3, 0.4) is 0 Å². The highest BCUT2D eigenvalue weighted by molar-refractivity contribution is 9.10. The molecule has 0 aliphatic carbocycles. The Morgan fingerprint density at radius 1 is 1.12 bits per heavy atom. The van der Waals surface area contributed by atoms with Crippen LogP contribution in [-0.2, 0) is 6.42 Å². The first kappa shape index (κ1) is 12.7. The number of H-pyrrole nitrogens is 1. The highest BCUT2D eigenvalue weighted by Crippen LogP contribution is 2.26. The smallest absolute Gasteiger partial charge is 0.0601 e. The maximum absolute atomic E-state index is 3.58. The first-order valence-corrected chi connectivity index (χ1v) is 7.36. The zero-order valence-electron chi connectivity index (χ0n) is 10.4. The fourth-order valence-electron chi connectivity index (χ4n) is 2.30. The number of halogens is 1. The number of fused-ring (bicyclic) bond motifs is 1. The molecule has 0 radical (unpaired) electrons. The van der Waals surface area contributed by atoms with Crippen molar-refractivity contribution in [2.45, 2.75) is 45.4 Å². The molecule has 1 aromatic carbocycles. The zero-order valence-corrected chi connectivity index (χ0v) is 12.0. The van der Waals surface area contributed by atoms with Gasteiger partial charge in [0, 0.05) is 16.1 Å². The molecule has 0 spiro atoms. The monoisotopic (exact) mass is 293 g/mol. The number of para-hydroxylation sites is 1. The number of aryl methyl sites for hydroxylation is 1. The standard InChI is InChI=1S/C15H20BrN/c1-2-3-4-5-6-8-12-11-17-15-13(12)9-7-10-14(15)16/h7,9-11,17H,2-6,8H2,1H3. The fourth-order valence-corrected chi connectivity index (χ4v) is 2.78. The number of aromatic amines is 1. The molecule has 2 heteroatoms. The lowest BCUT2D eigenvalue weighted by Gasteiger charge is -2.00. The van der Waals surface area contributed by atoms with E-state index >= 15 is 0 Å². The quantitative estimate of drug-likeness (QED) is 0.682. The molecule has 0 fully saturated rings. The summed E-state index contributed by atoms with van der Waals surface area (Å²) in [6, 6.07) is 6.41. The maximum atomic E-state index is 3.58. The van der Waals surface area contributed by atoms with E-state index in [9.17, 15) is 0 Å². The summed E-state index contributed by atoms with van der Waals surface area (Å²) in [5.41, 5.74) is 2.69. The average molecular weight is 294 g/mol. The molecule has 0 saturated carbocycles. The van der Waals surface area contributed by atoms with Crippen LogP contribution in [0.15, 0.2) is 28.9 Å². The van der Waals surface area contributed by atoms with E-state index in [0.717, 1.165) is 4.47 Å². The zero-order chi connectivity index (χ0) is 12.1. The Kier molecular flexibility index (Phi) is 4.66. The summed E-state index contributed by atoms with van der Waals surface area (Å²) >= 11 is 3.58. The van der Waals surface area contributed by atoms with Gasteiger partial charge in [-0.1, -0.05) is 44.7 Å². The van der Waals surface area contributed by atoms with Gasteiger partial charge in [-0.05, 0) is 40.4 Å². The van der Waals surface area contributed by atoms with Crippen molar-refractivity contribution in [1.82, 2.24) is 4.98 Å². The summed E-state index contributed by atoms with van der Waals surface area (Å²) in [7, 11) is 0. The van der Waals surface area contributed by atoms with Crippen LogP contribution >= 0.6 is 15.9 Å². The molecule has 92 valence electrons. The van der Waals surface area contributed by atoms with E-state index in [-0.39, 0.29) is 0 Å². The van der Waals surface area contributed by atoms with Crippen molar-refractivity contribution >= 4 is 26.8 Å². The van der Waals surface area contributed by atoms with E-state index < -0.39 is 0 Å². The number of rotatable bonds is 6. The van der Waals surface area contributed by atoms with Crippen LogP contribution in [0.2, 0.25) is 0 Å². The molecular formula is C15H20BrN. The van der Waals surface area contributed by atoms with E-state index in [0.29, 0.717) is 0 Å². The van der Waals surface area contributed by atoms with E-state index in [2.05, 4.69) is 52.2 Å². The Morgan fingerprint density at radius 3 is 2.76 bits per heavy atom. The lowest BCUT2D eigenvalue weighted by Crippen LogP contribution is -1.84. The topological polar surface area (TPSA) is 15.8 Å². The van der Waals surface area contributed by atoms with Gasteiger partial charge in [0.2, 0.25) is 0 Å². The normalized spacial score (nSPS) is 11.2. The van der Waals surface area contributed by atoms with Crippen LogP contribution in [0.5, 0.6) is 0 Å². The third-order valence-electron chi connectivity index (χ3n) is 3.30. The Balaban J connectivity index is 1.97. The van der Waals surface area contributed by atoms with Crippen molar-refractivity contribution in [3.05, 3.63) is 34.4 Å². The number of aromatic nitrogens is 1. The van der Waals surface area contributed by atoms with Gasteiger partial charge in [-0.2, -0.15) is 0 Å². The Bertz CT molecular complexity index is 473. The van der Waals surface area contributed by atoms with Gasteiger partial charge in [-0.3, -0.25) is 0 Å². The molecule has 1 N–H and O–H groups in total. The van der Waals surface area contributed by atoms with Crippen molar-refractivity contribution in [3.63, 3.8) is 0 Å². The molecule has 0 atom stereocenters. The second kappa shape index (κ2) is 6.25. The Labute approximate surface area is 112 Å². The largest absolute Gasteiger partial charge is 0.360 e. The van der Waals surface area contributed by atoms with Gasteiger partial charge < -0.3 is 4.98 Å². The predicted octanol–water partition coefficient (Wildman–Crippen LogP) is 5.44. The van der Waals surface area contributed by atoms with Crippen LogP contribution in [0.25, 0.3) is 10.9 Å². The van der Waals surface area contributed by atoms with Crippen molar-refractivity contribution in [2.75, 3.05) is 0 Å². The summed E-state index contributed by atoms with van der Waals surface area (Å²) in [4.78, 5) is 3.36. The van der Waals surface area contributed by atoms with E-state index in [1.807, 2.05) is 0 Å². The average Bonchev–Trinajstić information content (AvgIpc) is 2.74. The predicted molar refractivity (Wildman–Crippen MR) is 78.5 cm³/mol. The SMILES string of the molecule is CCCCCCCc1c[nH]c2c(Br)cccc12. The van der Waals surface area contributed by atoms with Crippen molar-refractivity contribution < 1.29 is 0 Å². The minimum Gasteiger partial charge on any atom is -0.360 e. The van der Waals surface area contributed by atoms with Gasteiger partial charge in [0.05, 0.1) is 5.52 Å². The molecular weight excluding hydrogens is 274 g/mol. The Morgan fingerprint density at radius 2 is 1.94 bits per heavy atom. The van der Waals surface area contributed by atoms with Crippen molar-refractivity contribution in [2.24, 2.45) is 0 Å². The van der Waals surface area contributed by atoms with Gasteiger partial charge in [-0.15, -0.1) is 0 Å². The second-order valence-corrected chi connectivity index (χ2v) is 5.49. The minimum absolute atomic E-state index is 1.16. The van der Waals surface area contributed by atoms with Crippen LogP contribution < -0.4 is 0 Å². The lowest BCUT2D eigenvalue weighted by molar-refractivity contribution is 0.633. The maximum Gasteiger partial charge on any atom is 0.0601 e. The van der Waals surface area contributed by atoms with Crippen LogP contribution in [0.1, 0.15) is 44.6 Å². The summed E-state index contributed by atoms with van der Waals surface area (Å²) in [5.74, 6) is 0. The molecule has 1 heterocycles. The van der Waals surface area contributed by atoms with E-state index in [1.165, 1.54) is 55.0 Å². The van der Waals surface area contributed by atoms with Gasteiger partial charge in [-0.25, -0.2) is 0 Å². The highest BCUT2D eigenvalue weighted by Gasteiger charge is 2.05. The second-order valence-electron chi connectivity index (χ2n) is 4.64. The number of benzene rings is 1. The lowest BCUT2D eigenvalue weighted by atomic mass is 10.0. The van der Waals surface area contributed by atoms with Crippen molar-refractivity contribution in [1.29, 1.82) is 0 Å².